The van der Waals surface area contributed by atoms with Crippen LogP contribution in [0.15, 0.2) is 30.3 Å². The standard InChI is InChI=1S/C30H49N5O6S/c1-18(2)13-22(35-29(40)41-30(5,6)7)26(37)32-17-25(42)28(39)34-23(14-19(3)4)27(38)33-21(24(36)16-31)15-20-11-9-8-10-12-20/h8-12,18-19,21-23,25,42H,13-17,31H2,1-7H3,(H,32,37)(H,33,38)(H,34,39)(H,35,40)/t21-,22-,23-,25?/m0/s1. The first-order valence-electron chi connectivity index (χ1n) is 14.3. The van der Waals surface area contributed by atoms with E-state index in [1.807, 2.05) is 58.0 Å². The van der Waals surface area contributed by atoms with Crippen LogP contribution in [0.25, 0.3) is 0 Å². The van der Waals surface area contributed by atoms with Crippen LogP contribution in [0.3, 0.4) is 0 Å². The van der Waals surface area contributed by atoms with Gasteiger partial charge in [-0.15, -0.1) is 0 Å². The number of benzene rings is 1. The largest absolute Gasteiger partial charge is 0.444 e. The number of thiol groups is 1. The van der Waals surface area contributed by atoms with E-state index in [1.54, 1.807) is 20.8 Å². The van der Waals surface area contributed by atoms with Crippen LogP contribution >= 0.6 is 12.6 Å². The van der Waals surface area contributed by atoms with Crippen LogP contribution in [0.1, 0.15) is 66.9 Å². The Morgan fingerprint density at radius 2 is 1.33 bits per heavy atom. The summed E-state index contributed by atoms with van der Waals surface area (Å²) in [6.07, 6.45) is 0.220. The fourth-order valence-corrected chi connectivity index (χ4v) is 4.21. The minimum atomic E-state index is -0.983. The number of nitrogens with one attached hydrogen (secondary N) is 4. The highest BCUT2D eigenvalue weighted by molar-refractivity contribution is 7.81. The maximum Gasteiger partial charge on any atom is 0.408 e. The van der Waals surface area contributed by atoms with Crippen LogP contribution in [0.2, 0.25) is 0 Å². The highest BCUT2D eigenvalue weighted by Crippen LogP contribution is 2.11. The molecule has 236 valence electrons. The molecule has 0 radical (unpaired) electrons. The number of amides is 4. The van der Waals surface area contributed by atoms with Gasteiger partial charge in [0, 0.05) is 6.54 Å². The number of hydrogen-bond acceptors (Lipinski definition) is 8. The number of Topliss-reactive ketones (excluding diaryl/α,β-unsaturated/α-hetero) is 1. The summed E-state index contributed by atoms with van der Waals surface area (Å²) >= 11 is 4.34. The molecule has 4 amide bonds. The number of ketones is 1. The normalized spacial score (nSPS) is 14.4. The molecule has 0 bridgehead atoms. The minimum absolute atomic E-state index is 0.0487. The highest BCUT2D eigenvalue weighted by Gasteiger charge is 2.30. The van der Waals surface area contributed by atoms with E-state index in [4.69, 9.17) is 10.5 Å². The van der Waals surface area contributed by atoms with Crippen molar-refractivity contribution >= 4 is 42.2 Å². The van der Waals surface area contributed by atoms with Crippen LogP contribution < -0.4 is 27.0 Å². The number of carbonyl (C=O) groups is 5. The van der Waals surface area contributed by atoms with Crippen molar-refractivity contribution < 1.29 is 28.7 Å². The van der Waals surface area contributed by atoms with Crippen LogP contribution in [0, 0.1) is 11.8 Å². The predicted octanol–water partition coefficient (Wildman–Crippen LogP) is 2.13. The lowest BCUT2D eigenvalue weighted by molar-refractivity contribution is -0.131. The predicted molar refractivity (Wildman–Crippen MR) is 166 cm³/mol. The summed E-state index contributed by atoms with van der Waals surface area (Å²) in [5.74, 6) is -1.74. The zero-order valence-electron chi connectivity index (χ0n) is 25.9. The molecule has 0 spiro atoms. The van der Waals surface area contributed by atoms with E-state index in [1.165, 1.54) is 0 Å². The summed E-state index contributed by atoms with van der Waals surface area (Å²) in [5.41, 5.74) is 5.72. The lowest BCUT2D eigenvalue weighted by Crippen LogP contribution is -2.55. The molecule has 4 atom stereocenters. The zero-order chi connectivity index (χ0) is 32.0. The number of hydrogen-bond donors (Lipinski definition) is 6. The monoisotopic (exact) mass is 607 g/mol. The van der Waals surface area contributed by atoms with Crippen molar-refractivity contribution in [2.75, 3.05) is 13.1 Å². The van der Waals surface area contributed by atoms with E-state index in [9.17, 15) is 24.0 Å². The van der Waals surface area contributed by atoms with Crippen molar-refractivity contribution in [2.24, 2.45) is 17.6 Å². The van der Waals surface area contributed by atoms with E-state index in [2.05, 4.69) is 33.9 Å². The van der Waals surface area contributed by atoms with Gasteiger partial charge < -0.3 is 31.7 Å². The van der Waals surface area contributed by atoms with Gasteiger partial charge in [-0.3, -0.25) is 19.2 Å². The average molecular weight is 608 g/mol. The quantitative estimate of drug-likeness (QED) is 0.156. The van der Waals surface area contributed by atoms with Gasteiger partial charge in [0.25, 0.3) is 0 Å². The fraction of sp³-hybridized carbons (Fsp3) is 0.633. The molecule has 1 aromatic carbocycles. The van der Waals surface area contributed by atoms with Crippen molar-refractivity contribution in [3.63, 3.8) is 0 Å². The second-order valence-electron chi connectivity index (χ2n) is 12.2. The molecule has 0 aromatic heterocycles. The van der Waals surface area contributed by atoms with Gasteiger partial charge in [-0.1, -0.05) is 58.0 Å². The van der Waals surface area contributed by atoms with Crippen LogP contribution in [0.4, 0.5) is 4.79 Å². The molecule has 0 saturated carbocycles. The van der Waals surface area contributed by atoms with E-state index in [-0.39, 0.29) is 37.1 Å². The van der Waals surface area contributed by atoms with Gasteiger partial charge in [-0.25, -0.2) is 4.79 Å². The number of nitrogens with two attached hydrogens (primary N) is 1. The Kier molecular flexibility index (Phi) is 15.6. The third-order valence-electron chi connectivity index (χ3n) is 6.02. The number of ether oxygens (including phenoxy) is 1. The number of carbonyl (C=O) groups excluding carboxylic acids is 5. The van der Waals surface area contributed by atoms with Crippen molar-refractivity contribution in [3.8, 4) is 0 Å². The van der Waals surface area contributed by atoms with Gasteiger partial charge in [-0.05, 0) is 57.4 Å². The van der Waals surface area contributed by atoms with E-state index in [0.717, 1.165) is 5.56 Å². The molecular formula is C30H49N5O6S. The van der Waals surface area contributed by atoms with Gasteiger partial charge >= 0.3 is 6.09 Å². The SMILES string of the molecule is CC(C)C[C@H](NC(=O)OC(C)(C)C)C(=O)NCC(S)C(=O)N[C@@H](CC(C)C)C(=O)N[C@@H](Cc1ccccc1)C(=O)CN. The van der Waals surface area contributed by atoms with Crippen LogP contribution in [0.5, 0.6) is 0 Å². The molecule has 0 aliphatic carbocycles. The topological polar surface area (TPSA) is 169 Å². The Hall–Kier alpha value is -3.12. The minimum Gasteiger partial charge on any atom is -0.444 e. The molecule has 1 rings (SSSR count). The lowest BCUT2D eigenvalue weighted by atomic mass is 9.99. The van der Waals surface area contributed by atoms with Gasteiger partial charge in [-0.2, -0.15) is 12.6 Å². The second kappa shape index (κ2) is 17.7. The van der Waals surface area contributed by atoms with Crippen molar-refractivity contribution in [1.82, 2.24) is 21.3 Å². The summed E-state index contributed by atoms with van der Waals surface area (Å²) in [6.45, 7) is 12.4. The molecule has 42 heavy (non-hydrogen) atoms. The smallest absolute Gasteiger partial charge is 0.408 e. The molecule has 0 aliphatic heterocycles. The molecule has 11 nitrogen and oxygen atoms in total. The number of rotatable bonds is 16. The Morgan fingerprint density at radius 1 is 0.810 bits per heavy atom. The van der Waals surface area contributed by atoms with Crippen molar-refractivity contribution in [3.05, 3.63) is 35.9 Å². The molecule has 0 saturated heterocycles. The van der Waals surface area contributed by atoms with Crippen LogP contribution in [-0.2, 0) is 30.3 Å². The lowest BCUT2D eigenvalue weighted by Gasteiger charge is -2.26. The summed E-state index contributed by atoms with van der Waals surface area (Å²) in [4.78, 5) is 63.9. The van der Waals surface area contributed by atoms with Gasteiger partial charge in [0.1, 0.15) is 17.7 Å². The molecule has 6 N–H and O–H groups in total. The molecule has 1 aromatic rings. The third kappa shape index (κ3) is 14.7. The highest BCUT2D eigenvalue weighted by atomic mass is 32.1. The maximum absolute atomic E-state index is 13.3. The molecule has 1 unspecified atom stereocenters. The average Bonchev–Trinajstić information content (AvgIpc) is 2.88. The van der Waals surface area contributed by atoms with Crippen molar-refractivity contribution in [1.29, 1.82) is 0 Å². The van der Waals surface area contributed by atoms with Gasteiger partial charge in [0.05, 0.1) is 17.8 Å². The van der Waals surface area contributed by atoms with E-state index >= 15 is 0 Å². The van der Waals surface area contributed by atoms with E-state index in [0.29, 0.717) is 12.8 Å². The first-order chi connectivity index (χ1) is 19.5. The first-order valence-corrected chi connectivity index (χ1v) is 14.9. The van der Waals surface area contributed by atoms with Crippen LogP contribution in [-0.4, -0.2) is 71.7 Å². The summed E-state index contributed by atoms with van der Waals surface area (Å²) in [5, 5.41) is 9.72. The van der Waals surface area contributed by atoms with Gasteiger partial charge in [0.15, 0.2) is 5.78 Å². The second-order valence-corrected chi connectivity index (χ2v) is 12.8. The maximum atomic E-state index is 13.3. The molecular weight excluding hydrogens is 558 g/mol. The summed E-state index contributed by atoms with van der Waals surface area (Å²) < 4.78 is 5.27. The van der Waals surface area contributed by atoms with Crippen molar-refractivity contribution in [2.45, 2.75) is 96.7 Å². The fourth-order valence-electron chi connectivity index (χ4n) is 4.05. The Balaban J connectivity index is 2.87. The summed E-state index contributed by atoms with van der Waals surface area (Å²) in [7, 11) is 0. The molecule has 12 heteroatoms. The molecule has 0 heterocycles. The third-order valence-corrected chi connectivity index (χ3v) is 6.43. The van der Waals surface area contributed by atoms with E-state index < -0.39 is 52.8 Å². The number of alkyl carbamates (subject to hydrolysis) is 1. The van der Waals surface area contributed by atoms with Gasteiger partial charge in [0.2, 0.25) is 17.7 Å². The zero-order valence-corrected chi connectivity index (χ0v) is 26.8. The Bertz CT molecular complexity index is 1040. The Morgan fingerprint density at radius 3 is 1.83 bits per heavy atom. The molecule has 0 fully saturated rings. The summed E-state index contributed by atoms with van der Waals surface area (Å²) in [6, 6.07) is 6.58. The molecule has 0 aliphatic rings. The first kappa shape index (κ1) is 36.9. The Labute approximate surface area is 255 Å².